The molecular formula is C20H22ClFN2O3. The number of piperazine rings is 1. The summed E-state index contributed by atoms with van der Waals surface area (Å²) < 4.78 is 24.1. The molecule has 1 heterocycles. The topological polar surface area (TPSA) is 50.8 Å². The van der Waals surface area contributed by atoms with Gasteiger partial charge in [-0.15, -0.1) is 0 Å². The lowest BCUT2D eigenvalue weighted by atomic mass is 10.0. The zero-order valence-corrected chi connectivity index (χ0v) is 15.8. The number of nitrogens with zero attached hydrogens (tertiary/aromatic N) is 1. The predicted molar refractivity (Wildman–Crippen MR) is 102 cm³/mol. The van der Waals surface area contributed by atoms with Crippen LogP contribution in [0.1, 0.15) is 18.0 Å². The van der Waals surface area contributed by atoms with Crippen molar-refractivity contribution in [2.24, 2.45) is 0 Å². The molecule has 3 rings (SSSR count). The third kappa shape index (κ3) is 4.70. The smallest absolute Gasteiger partial charge is 0.226 e. The van der Waals surface area contributed by atoms with Gasteiger partial charge in [-0.1, -0.05) is 29.8 Å². The van der Waals surface area contributed by atoms with Crippen LogP contribution in [0, 0.1) is 5.82 Å². The SMILES string of the molecule is COc1ccccc1C1CNCCN1C(=O)CCOc1ccc(F)cc1Cl. The van der Waals surface area contributed by atoms with E-state index in [9.17, 15) is 9.18 Å². The normalized spacial score (nSPS) is 16.9. The summed E-state index contributed by atoms with van der Waals surface area (Å²) in [5.74, 6) is 0.695. The molecule has 1 aliphatic heterocycles. The quantitative estimate of drug-likeness (QED) is 0.818. The number of nitrogens with one attached hydrogen (secondary N) is 1. The van der Waals surface area contributed by atoms with Gasteiger partial charge in [-0.2, -0.15) is 0 Å². The van der Waals surface area contributed by atoms with E-state index >= 15 is 0 Å². The maximum absolute atomic E-state index is 13.1. The highest BCUT2D eigenvalue weighted by atomic mass is 35.5. The minimum Gasteiger partial charge on any atom is -0.496 e. The average molecular weight is 393 g/mol. The van der Waals surface area contributed by atoms with E-state index in [1.807, 2.05) is 29.2 Å². The largest absolute Gasteiger partial charge is 0.496 e. The highest BCUT2D eigenvalue weighted by Gasteiger charge is 2.29. The molecule has 27 heavy (non-hydrogen) atoms. The first-order chi connectivity index (χ1) is 13.1. The molecule has 2 aromatic carbocycles. The summed E-state index contributed by atoms with van der Waals surface area (Å²) in [6, 6.07) is 11.5. The fourth-order valence-corrected chi connectivity index (χ4v) is 3.43. The Balaban J connectivity index is 1.65. The summed E-state index contributed by atoms with van der Waals surface area (Å²) in [6.07, 6.45) is 0.208. The second kappa shape index (κ2) is 9.06. The maximum atomic E-state index is 13.1. The number of carbonyl (C=O) groups excluding carboxylic acids is 1. The Morgan fingerprint density at radius 3 is 2.89 bits per heavy atom. The van der Waals surface area contributed by atoms with Gasteiger partial charge in [0.15, 0.2) is 0 Å². The molecule has 0 saturated carbocycles. The van der Waals surface area contributed by atoms with E-state index in [0.717, 1.165) is 17.9 Å². The van der Waals surface area contributed by atoms with Gasteiger partial charge in [0.2, 0.25) is 5.91 Å². The molecule has 1 aliphatic rings. The van der Waals surface area contributed by atoms with Gasteiger partial charge in [0.05, 0.1) is 31.2 Å². The second-order valence-electron chi connectivity index (χ2n) is 6.22. The predicted octanol–water partition coefficient (Wildman–Crippen LogP) is 3.43. The van der Waals surface area contributed by atoms with E-state index in [2.05, 4.69) is 5.32 Å². The van der Waals surface area contributed by atoms with Crippen molar-refractivity contribution in [3.8, 4) is 11.5 Å². The molecule has 144 valence electrons. The number of carbonyl (C=O) groups is 1. The van der Waals surface area contributed by atoms with Crippen LogP contribution in [0.25, 0.3) is 0 Å². The minimum atomic E-state index is -0.427. The van der Waals surface area contributed by atoms with Gasteiger partial charge in [-0.25, -0.2) is 4.39 Å². The third-order valence-corrected chi connectivity index (χ3v) is 4.82. The van der Waals surface area contributed by atoms with Gasteiger partial charge < -0.3 is 19.7 Å². The van der Waals surface area contributed by atoms with Gasteiger partial charge in [0.25, 0.3) is 0 Å². The second-order valence-corrected chi connectivity index (χ2v) is 6.63. The van der Waals surface area contributed by atoms with E-state index in [-0.39, 0.29) is 30.0 Å². The zero-order chi connectivity index (χ0) is 19.2. The van der Waals surface area contributed by atoms with Crippen LogP contribution < -0.4 is 14.8 Å². The number of halogens is 2. The van der Waals surface area contributed by atoms with Gasteiger partial charge in [-0.05, 0) is 24.3 Å². The number of ether oxygens (including phenoxy) is 2. The van der Waals surface area contributed by atoms with Crippen LogP contribution in [0.2, 0.25) is 5.02 Å². The summed E-state index contributed by atoms with van der Waals surface area (Å²) in [6.45, 7) is 2.18. The fraction of sp³-hybridized carbons (Fsp3) is 0.350. The van der Waals surface area contributed by atoms with E-state index < -0.39 is 5.82 Å². The van der Waals surface area contributed by atoms with E-state index in [1.54, 1.807) is 7.11 Å². The van der Waals surface area contributed by atoms with E-state index in [0.29, 0.717) is 18.8 Å². The van der Waals surface area contributed by atoms with Crippen LogP contribution in [-0.2, 0) is 4.79 Å². The van der Waals surface area contributed by atoms with Crippen molar-refractivity contribution in [1.29, 1.82) is 0 Å². The van der Waals surface area contributed by atoms with Crippen LogP contribution in [0.4, 0.5) is 4.39 Å². The number of rotatable bonds is 6. The lowest BCUT2D eigenvalue weighted by molar-refractivity contribution is -0.135. The number of methoxy groups -OCH3 is 1. The molecule has 0 aliphatic carbocycles. The lowest BCUT2D eigenvalue weighted by Crippen LogP contribution is -2.49. The van der Waals surface area contributed by atoms with Crippen molar-refractivity contribution in [3.05, 3.63) is 58.9 Å². The molecule has 1 atom stereocenters. The monoisotopic (exact) mass is 392 g/mol. The molecule has 1 amide bonds. The summed E-state index contributed by atoms with van der Waals surface area (Å²) in [5.41, 5.74) is 0.975. The molecule has 1 saturated heterocycles. The van der Waals surface area contributed by atoms with Gasteiger partial charge in [-0.3, -0.25) is 4.79 Å². The molecule has 0 aromatic heterocycles. The minimum absolute atomic E-state index is 0.00867. The Labute approximate surface area is 163 Å². The standard InChI is InChI=1S/C20H22ClFN2O3/c1-26-18-5-3-2-4-15(18)17-13-23-9-10-24(17)20(25)8-11-27-19-7-6-14(22)12-16(19)21/h2-7,12,17,23H,8-11,13H2,1H3. The van der Waals surface area contributed by atoms with Crippen molar-refractivity contribution < 1.29 is 18.7 Å². The van der Waals surface area contributed by atoms with Crippen LogP contribution in [0.15, 0.2) is 42.5 Å². The fourth-order valence-electron chi connectivity index (χ4n) is 3.21. The molecule has 1 fully saturated rings. The maximum Gasteiger partial charge on any atom is 0.226 e. The van der Waals surface area contributed by atoms with Crippen LogP contribution >= 0.6 is 11.6 Å². The van der Waals surface area contributed by atoms with Crippen molar-refractivity contribution in [1.82, 2.24) is 10.2 Å². The Bertz CT molecular complexity index is 803. The molecule has 1 N–H and O–H groups in total. The van der Waals surface area contributed by atoms with Gasteiger partial charge >= 0.3 is 0 Å². The number of hydrogen-bond acceptors (Lipinski definition) is 4. The van der Waals surface area contributed by atoms with Gasteiger partial charge in [0.1, 0.15) is 17.3 Å². The van der Waals surface area contributed by atoms with Crippen molar-refractivity contribution in [2.45, 2.75) is 12.5 Å². The van der Waals surface area contributed by atoms with Crippen molar-refractivity contribution >= 4 is 17.5 Å². The average Bonchev–Trinajstić information content (AvgIpc) is 2.69. The Kier molecular flexibility index (Phi) is 6.53. The van der Waals surface area contributed by atoms with Gasteiger partial charge in [0, 0.05) is 25.2 Å². The molecule has 0 spiro atoms. The van der Waals surface area contributed by atoms with E-state index in [1.165, 1.54) is 18.2 Å². The molecule has 0 radical (unpaired) electrons. The van der Waals surface area contributed by atoms with Crippen molar-refractivity contribution in [3.63, 3.8) is 0 Å². The summed E-state index contributed by atoms with van der Waals surface area (Å²) >= 11 is 5.95. The molecule has 1 unspecified atom stereocenters. The summed E-state index contributed by atoms with van der Waals surface area (Å²) in [4.78, 5) is 14.6. The summed E-state index contributed by atoms with van der Waals surface area (Å²) in [7, 11) is 1.63. The summed E-state index contributed by atoms with van der Waals surface area (Å²) in [5, 5.41) is 3.52. The number of hydrogen-bond donors (Lipinski definition) is 1. The molecule has 0 bridgehead atoms. The Hall–Kier alpha value is -2.31. The molecule has 7 heteroatoms. The zero-order valence-electron chi connectivity index (χ0n) is 15.1. The highest BCUT2D eigenvalue weighted by molar-refractivity contribution is 6.32. The van der Waals surface area contributed by atoms with Crippen LogP contribution in [0.5, 0.6) is 11.5 Å². The first kappa shape index (κ1) is 19.5. The van der Waals surface area contributed by atoms with Crippen LogP contribution in [-0.4, -0.2) is 44.2 Å². The molecule has 2 aromatic rings. The van der Waals surface area contributed by atoms with E-state index in [4.69, 9.17) is 21.1 Å². The third-order valence-electron chi connectivity index (χ3n) is 4.53. The number of benzene rings is 2. The molecule has 5 nitrogen and oxygen atoms in total. The Morgan fingerprint density at radius 1 is 1.30 bits per heavy atom. The Morgan fingerprint density at radius 2 is 2.11 bits per heavy atom. The molecular weight excluding hydrogens is 371 g/mol. The van der Waals surface area contributed by atoms with Crippen molar-refractivity contribution in [2.75, 3.05) is 33.4 Å². The number of para-hydroxylation sites is 1. The highest BCUT2D eigenvalue weighted by Crippen LogP contribution is 2.30. The first-order valence-corrected chi connectivity index (χ1v) is 9.19. The first-order valence-electron chi connectivity index (χ1n) is 8.81. The lowest BCUT2D eigenvalue weighted by Gasteiger charge is -2.37. The van der Waals surface area contributed by atoms with Crippen LogP contribution in [0.3, 0.4) is 0 Å². The number of amides is 1.